The lowest BCUT2D eigenvalue weighted by atomic mass is 9.92. The van der Waals surface area contributed by atoms with Crippen molar-refractivity contribution < 1.29 is 0 Å². The van der Waals surface area contributed by atoms with Crippen molar-refractivity contribution in [1.29, 1.82) is 5.26 Å². The molecule has 1 saturated heterocycles. The molecular formula is C13H25N3. The average molecular weight is 223 g/mol. The maximum atomic E-state index is 9.19. The second-order valence-electron chi connectivity index (χ2n) is 4.80. The molecule has 0 saturated carbocycles. The molecule has 0 amide bonds. The van der Waals surface area contributed by atoms with E-state index in [-0.39, 0.29) is 5.54 Å². The maximum Gasteiger partial charge on any atom is 0.106 e. The van der Waals surface area contributed by atoms with Crippen LogP contribution in [0.25, 0.3) is 0 Å². The van der Waals surface area contributed by atoms with Gasteiger partial charge in [0.05, 0.1) is 6.07 Å². The SMILES string of the molecule is CCC(C#N)(CCCN1CCCCC1)NC. The molecule has 1 aliphatic heterocycles. The molecule has 0 bridgehead atoms. The van der Waals surface area contributed by atoms with Gasteiger partial charge < -0.3 is 10.2 Å². The van der Waals surface area contributed by atoms with E-state index >= 15 is 0 Å². The molecule has 3 nitrogen and oxygen atoms in total. The fourth-order valence-electron chi connectivity index (χ4n) is 2.46. The highest BCUT2D eigenvalue weighted by atomic mass is 15.1. The van der Waals surface area contributed by atoms with E-state index < -0.39 is 0 Å². The number of nitrogens with zero attached hydrogens (tertiary/aromatic N) is 2. The maximum absolute atomic E-state index is 9.19. The van der Waals surface area contributed by atoms with Gasteiger partial charge in [-0.25, -0.2) is 0 Å². The van der Waals surface area contributed by atoms with E-state index in [9.17, 15) is 5.26 Å². The van der Waals surface area contributed by atoms with Crippen LogP contribution in [-0.2, 0) is 0 Å². The van der Waals surface area contributed by atoms with E-state index in [1.54, 1.807) is 0 Å². The molecule has 0 aromatic carbocycles. The zero-order chi connectivity index (χ0) is 11.9. The number of rotatable bonds is 6. The van der Waals surface area contributed by atoms with Crippen LogP contribution in [0.4, 0.5) is 0 Å². The molecule has 0 aromatic rings. The van der Waals surface area contributed by atoms with E-state index in [1.807, 2.05) is 7.05 Å². The molecule has 1 N–H and O–H groups in total. The number of nitriles is 1. The average Bonchev–Trinajstić information content (AvgIpc) is 2.37. The summed E-state index contributed by atoms with van der Waals surface area (Å²) in [5.74, 6) is 0. The highest BCUT2D eigenvalue weighted by Crippen LogP contribution is 2.17. The summed E-state index contributed by atoms with van der Waals surface area (Å²) < 4.78 is 0. The van der Waals surface area contributed by atoms with Crippen LogP contribution in [0, 0.1) is 11.3 Å². The van der Waals surface area contributed by atoms with Gasteiger partial charge >= 0.3 is 0 Å². The van der Waals surface area contributed by atoms with E-state index in [2.05, 4.69) is 23.2 Å². The molecular weight excluding hydrogens is 198 g/mol. The first kappa shape index (κ1) is 13.5. The standard InChI is InChI=1S/C13H25N3/c1-3-13(12-14,15-2)8-7-11-16-9-5-4-6-10-16/h15H,3-11H2,1-2H3. The van der Waals surface area contributed by atoms with Gasteiger partial charge in [-0.1, -0.05) is 13.3 Å². The lowest BCUT2D eigenvalue weighted by Gasteiger charge is -2.29. The molecule has 92 valence electrons. The third kappa shape index (κ3) is 3.77. The van der Waals surface area contributed by atoms with Crippen molar-refractivity contribution in [2.75, 3.05) is 26.7 Å². The monoisotopic (exact) mass is 223 g/mol. The fraction of sp³-hybridized carbons (Fsp3) is 0.923. The Balaban J connectivity index is 2.25. The topological polar surface area (TPSA) is 39.1 Å². The molecule has 1 atom stereocenters. The Bertz CT molecular complexity index is 222. The van der Waals surface area contributed by atoms with Crippen LogP contribution in [0.3, 0.4) is 0 Å². The highest BCUT2D eigenvalue weighted by Gasteiger charge is 2.25. The molecule has 16 heavy (non-hydrogen) atoms. The largest absolute Gasteiger partial charge is 0.303 e. The van der Waals surface area contributed by atoms with Crippen LogP contribution in [0.15, 0.2) is 0 Å². The number of piperidine rings is 1. The summed E-state index contributed by atoms with van der Waals surface area (Å²) in [7, 11) is 1.90. The van der Waals surface area contributed by atoms with Crippen LogP contribution in [0.1, 0.15) is 45.4 Å². The quantitative estimate of drug-likeness (QED) is 0.750. The molecule has 0 radical (unpaired) electrons. The first-order valence-electron chi connectivity index (χ1n) is 6.59. The van der Waals surface area contributed by atoms with Crippen LogP contribution in [-0.4, -0.2) is 37.1 Å². The zero-order valence-electron chi connectivity index (χ0n) is 10.8. The molecule has 0 aliphatic carbocycles. The summed E-state index contributed by atoms with van der Waals surface area (Å²) in [6, 6.07) is 2.42. The first-order valence-corrected chi connectivity index (χ1v) is 6.59. The van der Waals surface area contributed by atoms with Gasteiger partial charge in [-0.3, -0.25) is 0 Å². The van der Waals surface area contributed by atoms with Gasteiger partial charge in [0, 0.05) is 0 Å². The van der Waals surface area contributed by atoms with Crippen molar-refractivity contribution in [3.05, 3.63) is 0 Å². The van der Waals surface area contributed by atoms with Gasteiger partial charge in [-0.05, 0) is 58.8 Å². The molecule has 1 aliphatic rings. The lowest BCUT2D eigenvalue weighted by molar-refractivity contribution is 0.217. The van der Waals surface area contributed by atoms with Crippen LogP contribution < -0.4 is 5.32 Å². The molecule has 1 unspecified atom stereocenters. The van der Waals surface area contributed by atoms with Crippen molar-refractivity contribution in [3.63, 3.8) is 0 Å². The predicted molar refractivity (Wildman–Crippen MR) is 67.2 cm³/mol. The Morgan fingerprint density at radius 3 is 2.50 bits per heavy atom. The lowest BCUT2D eigenvalue weighted by Crippen LogP contribution is -2.41. The summed E-state index contributed by atoms with van der Waals surface area (Å²) in [6.45, 7) is 5.75. The minimum absolute atomic E-state index is 0.296. The summed E-state index contributed by atoms with van der Waals surface area (Å²) in [4.78, 5) is 2.54. The van der Waals surface area contributed by atoms with Gasteiger partial charge in [-0.15, -0.1) is 0 Å². The van der Waals surface area contributed by atoms with E-state index in [0.717, 1.165) is 25.8 Å². The highest BCUT2D eigenvalue weighted by molar-refractivity contribution is 5.05. The summed E-state index contributed by atoms with van der Waals surface area (Å²) >= 11 is 0. The molecule has 1 heterocycles. The van der Waals surface area contributed by atoms with Crippen LogP contribution >= 0.6 is 0 Å². The smallest absolute Gasteiger partial charge is 0.106 e. The number of hydrogen-bond acceptors (Lipinski definition) is 3. The third-order valence-corrected chi connectivity index (χ3v) is 3.82. The normalized spacial score (nSPS) is 21.3. The van der Waals surface area contributed by atoms with Gasteiger partial charge in [0.15, 0.2) is 0 Å². The Kier molecular flexibility index (Phi) is 5.79. The first-order chi connectivity index (χ1) is 7.76. The minimum atomic E-state index is -0.296. The van der Waals surface area contributed by atoms with Gasteiger partial charge in [0.1, 0.15) is 5.54 Å². The number of nitrogens with one attached hydrogen (secondary N) is 1. The summed E-state index contributed by atoms with van der Waals surface area (Å²) in [5, 5.41) is 12.4. The Morgan fingerprint density at radius 1 is 1.31 bits per heavy atom. The fourth-order valence-corrected chi connectivity index (χ4v) is 2.46. The second kappa shape index (κ2) is 6.88. The number of likely N-dealkylation sites (tertiary alicyclic amines) is 1. The zero-order valence-corrected chi connectivity index (χ0v) is 10.8. The molecule has 0 aromatic heterocycles. The van der Waals surface area contributed by atoms with Crippen molar-refractivity contribution in [2.24, 2.45) is 0 Å². The van der Waals surface area contributed by atoms with Crippen molar-refractivity contribution in [2.45, 2.75) is 51.0 Å². The van der Waals surface area contributed by atoms with Gasteiger partial charge in [-0.2, -0.15) is 5.26 Å². The minimum Gasteiger partial charge on any atom is -0.303 e. The molecule has 3 heteroatoms. The second-order valence-corrected chi connectivity index (χ2v) is 4.80. The van der Waals surface area contributed by atoms with Gasteiger partial charge in [0.25, 0.3) is 0 Å². The van der Waals surface area contributed by atoms with Crippen molar-refractivity contribution in [3.8, 4) is 6.07 Å². The van der Waals surface area contributed by atoms with E-state index in [0.29, 0.717) is 0 Å². The summed E-state index contributed by atoms with van der Waals surface area (Å²) in [5.41, 5.74) is -0.296. The van der Waals surface area contributed by atoms with Crippen LogP contribution in [0.2, 0.25) is 0 Å². The Hall–Kier alpha value is -0.590. The Morgan fingerprint density at radius 2 is 2.00 bits per heavy atom. The van der Waals surface area contributed by atoms with Gasteiger partial charge in [0.2, 0.25) is 0 Å². The van der Waals surface area contributed by atoms with Crippen molar-refractivity contribution in [1.82, 2.24) is 10.2 Å². The number of hydrogen-bond donors (Lipinski definition) is 1. The molecule has 1 rings (SSSR count). The molecule has 0 spiro atoms. The van der Waals surface area contributed by atoms with E-state index in [1.165, 1.54) is 32.4 Å². The van der Waals surface area contributed by atoms with Crippen molar-refractivity contribution >= 4 is 0 Å². The van der Waals surface area contributed by atoms with Crippen LogP contribution in [0.5, 0.6) is 0 Å². The molecule has 1 fully saturated rings. The summed E-state index contributed by atoms with van der Waals surface area (Å²) in [6.07, 6.45) is 7.08. The third-order valence-electron chi connectivity index (χ3n) is 3.82. The predicted octanol–water partition coefficient (Wildman–Crippen LogP) is 2.14. The van der Waals surface area contributed by atoms with E-state index in [4.69, 9.17) is 0 Å². The Labute approximate surface area is 99.8 Å².